The molecule has 0 saturated carbocycles. The van der Waals surface area contributed by atoms with Crippen LogP contribution in [0.2, 0.25) is 5.02 Å². The van der Waals surface area contributed by atoms with E-state index in [1.54, 1.807) is 47.8 Å². The third-order valence-electron chi connectivity index (χ3n) is 2.53. The summed E-state index contributed by atoms with van der Waals surface area (Å²) in [5.74, 6) is 0.946. The molecular formula is C12H13ClN4OS. The monoisotopic (exact) mass is 296 g/mol. The lowest BCUT2D eigenvalue weighted by Crippen LogP contribution is -2.00. The summed E-state index contributed by atoms with van der Waals surface area (Å²) in [4.78, 5) is 11.9. The van der Waals surface area contributed by atoms with Crippen molar-refractivity contribution in [3.63, 3.8) is 0 Å². The van der Waals surface area contributed by atoms with Crippen LogP contribution in [0.25, 0.3) is 0 Å². The van der Waals surface area contributed by atoms with E-state index in [-0.39, 0.29) is 5.78 Å². The predicted molar refractivity (Wildman–Crippen MR) is 74.5 cm³/mol. The molecule has 0 aliphatic carbocycles. The highest BCUT2D eigenvalue weighted by Gasteiger charge is 2.07. The summed E-state index contributed by atoms with van der Waals surface area (Å²) in [5.41, 5.74) is 0.703. The van der Waals surface area contributed by atoms with Gasteiger partial charge in [0.15, 0.2) is 5.78 Å². The third-order valence-corrected chi connectivity index (χ3v) is 3.88. The van der Waals surface area contributed by atoms with E-state index in [1.165, 1.54) is 0 Å². The Morgan fingerprint density at radius 3 is 2.74 bits per heavy atom. The van der Waals surface area contributed by atoms with Crippen LogP contribution in [0.3, 0.4) is 0 Å². The molecule has 19 heavy (non-hydrogen) atoms. The van der Waals surface area contributed by atoms with Crippen LogP contribution in [0.15, 0.2) is 29.4 Å². The van der Waals surface area contributed by atoms with Gasteiger partial charge >= 0.3 is 0 Å². The summed E-state index contributed by atoms with van der Waals surface area (Å²) in [6.07, 6.45) is 1.30. The van der Waals surface area contributed by atoms with Crippen molar-refractivity contribution >= 4 is 29.1 Å². The molecule has 7 heteroatoms. The third kappa shape index (κ3) is 4.04. The van der Waals surface area contributed by atoms with E-state index in [2.05, 4.69) is 15.5 Å². The molecule has 1 aromatic carbocycles. The van der Waals surface area contributed by atoms with E-state index in [4.69, 9.17) is 11.6 Å². The van der Waals surface area contributed by atoms with Gasteiger partial charge in [-0.1, -0.05) is 23.4 Å². The summed E-state index contributed by atoms with van der Waals surface area (Å²) in [7, 11) is 1.79. The van der Waals surface area contributed by atoms with E-state index in [9.17, 15) is 4.79 Å². The Morgan fingerprint density at radius 2 is 2.11 bits per heavy atom. The molecule has 0 spiro atoms. The Hall–Kier alpha value is -1.40. The summed E-state index contributed by atoms with van der Waals surface area (Å²) < 4.78 is 1.62. The normalized spacial score (nSPS) is 10.6. The number of carbonyl (C=O) groups excluding carboxylic acids is 1. The van der Waals surface area contributed by atoms with Crippen molar-refractivity contribution in [1.82, 2.24) is 20.2 Å². The Labute approximate surface area is 120 Å². The van der Waals surface area contributed by atoms with Crippen molar-refractivity contribution in [3.8, 4) is 0 Å². The lowest BCUT2D eigenvalue weighted by atomic mass is 10.1. The highest BCUT2D eigenvalue weighted by molar-refractivity contribution is 7.99. The van der Waals surface area contributed by atoms with Crippen molar-refractivity contribution < 1.29 is 4.79 Å². The molecule has 0 bridgehead atoms. The van der Waals surface area contributed by atoms with Crippen LogP contribution < -0.4 is 0 Å². The first-order valence-electron chi connectivity index (χ1n) is 5.81. The largest absolute Gasteiger partial charge is 0.294 e. The number of benzene rings is 1. The molecule has 0 aliphatic rings. The number of ketones is 1. The van der Waals surface area contributed by atoms with Gasteiger partial charge in [-0.05, 0) is 41.1 Å². The summed E-state index contributed by atoms with van der Waals surface area (Å²) in [5, 5.41) is 12.6. The van der Waals surface area contributed by atoms with Crippen molar-refractivity contribution in [1.29, 1.82) is 0 Å². The van der Waals surface area contributed by atoms with Gasteiger partial charge in [-0.15, -0.1) is 5.10 Å². The van der Waals surface area contributed by atoms with Gasteiger partial charge in [0.25, 0.3) is 0 Å². The molecule has 0 unspecified atom stereocenters. The Morgan fingerprint density at radius 1 is 1.37 bits per heavy atom. The first-order chi connectivity index (χ1) is 9.16. The number of hydrogen-bond acceptors (Lipinski definition) is 5. The minimum Gasteiger partial charge on any atom is -0.294 e. The summed E-state index contributed by atoms with van der Waals surface area (Å²) >= 11 is 7.33. The molecule has 2 aromatic rings. The van der Waals surface area contributed by atoms with Crippen LogP contribution in [-0.4, -0.2) is 31.7 Å². The highest BCUT2D eigenvalue weighted by Crippen LogP contribution is 2.16. The summed E-state index contributed by atoms with van der Waals surface area (Å²) in [6, 6.07) is 6.97. The molecule has 5 nitrogen and oxygen atoms in total. The molecule has 1 heterocycles. The zero-order valence-corrected chi connectivity index (χ0v) is 12.0. The second-order valence-electron chi connectivity index (χ2n) is 3.97. The zero-order chi connectivity index (χ0) is 13.7. The van der Waals surface area contributed by atoms with Gasteiger partial charge in [-0.3, -0.25) is 4.79 Å². The maximum absolute atomic E-state index is 11.9. The molecule has 0 amide bonds. The Balaban J connectivity index is 1.75. The van der Waals surface area contributed by atoms with Gasteiger partial charge in [0, 0.05) is 29.8 Å². The first kappa shape index (κ1) is 14.0. The van der Waals surface area contributed by atoms with Gasteiger partial charge in [0.2, 0.25) is 5.16 Å². The molecule has 0 radical (unpaired) electrons. The fourth-order valence-corrected chi connectivity index (χ4v) is 2.43. The van der Waals surface area contributed by atoms with Crippen LogP contribution in [0.4, 0.5) is 0 Å². The quantitative estimate of drug-likeness (QED) is 0.466. The minimum atomic E-state index is 0.133. The lowest BCUT2D eigenvalue weighted by molar-refractivity contribution is 0.0982. The number of carbonyl (C=O) groups is 1. The smallest absolute Gasteiger partial charge is 0.209 e. The van der Waals surface area contributed by atoms with E-state index >= 15 is 0 Å². The Kier molecular flexibility index (Phi) is 4.93. The van der Waals surface area contributed by atoms with Crippen molar-refractivity contribution in [3.05, 3.63) is 34.9 Å². The van der Waals surface area contributed by atoms with Crippen LogP contribution in [0.1, 0.15) is 23.2 Å². The second-order valence-corrected chi connectivity index (χ2v) is 5.47. The lowest BCUT2D eigenvalue weighted by Gasteiger charge is -2.01. The molecule has 0 atom stereocenters. The van der Waals surface area contributed by atoms with Gasteiger partial charge in [-0.25, -0.2) is 4.68 Å². The SMILES string of the molecule is Cn1nnnc1SCCCC(=O)c1ccc(Cl)cc1. The Bertz CT molecular complexity index is 555. The topological polar surface area (TPSA) is 60.7 Å². The average molecular weight is 297 g/mol. The number of Topliss-reactive ketones (excluding diaryl/α,β-unsaturated/α-hetero) is 1. The van der Waals surface area contributed by atoms with Gasteiger partial charge in [0.1, 0.15) is 0 Å². The van der Waals surface area contributed by atoms with E-state index in [0.717, 1.165) is 17.3 Å². The van der Waals surface area contributed by atoms with E-state index in [0.29, 0.717) is 17.0 Å². The number of tetrazole rings is 1. The number of rotatable bonds is 6. The maximum Gasteiger partial charge on any atom is 0.209 e. The fraction of sp³-hybridized carbons (Fsp3) is 0.333. The van der Waals surface area contributed by atoms with Gasteiger partial charge in [0.05, 0.1) is 0 Å². The number of thioether (sulfide) groups is 1. The van der Waals surface area contributed by atoms with Crippen LogP contribution >= 0.6 is 23.4 Å². The first-order valence-corrected chi connectivity index (χ1v) is 7.17. The molecule has 0 aliphatic heterocycles. The van der Waals surface area contributed by atoms with Crippen molar-refractivity contribution in [2.24, 2.45) is 7.05 Å². The number of halogens is 1. The number of aryl methyl sites for hydroxylation is 1. The van der Waals surface area contributed by atoms with E-state index in [1.807, 2.05) is 0 Å². The van der Waals surface area contributed by atoms with Crippen molar-refractivity contribution in [2.45, 2.75) is 18.0 Å². The van der Waals surface area contributed by atoms with Gasteiger partial charge < -0.3 is 0 Å². The predicted octanol–water partition coefficient (Wildman–Crippen LogP) is 2.62. The van der Waals surface area contributed by atoms with Gasteiger partial charge in [-0.2, -0.15) is 0 Å². The molecule has 1 aromatic heterocycles. The number of aromatic nitrogens is 4. The molecule has 0 saturated heterocycles. The molecule has 2 rings (SSSR count). The fourth-order valence-electron chi connectivity index (χ4n) is 1.52. The highest BCUT2D eigenvalue weighted by atomic mass is 35.5. The van der Waals surface area contributed by atoms with Crippen LogP contribution in [-0.2, 0) is 7.05 Å². The van der Waals surface area contributed by atoms with E-state index < -0.39 is 0 Å². The second kappa shape index (κ2) is 6.68. The van der Waals surface area contributed by atoms with Crippen molar-refractivity contribution in [2.75, 3.05) is 5.75 Å². The van der Waals surface area contributed by atoms with Crippen LogP contribution in [0, 0.1) is 0 Å². The average Bonchev–Trinajstić information content (AvgIpc) is 2.81. The molecule has 100 valence electrons. The molecular weight excluding hydrogens is 284 g/mol. The number of nitrogens with zero attached hydrogens (tertiary/aromatic N) is 4. The zero-order valence-electron chi connectivity index (χ0n) is 10.4. The van der Waals surface area contributed by atoms with Crippen LogP contribution in [0.5, 0.6) is 0 Å². The minimum absolute atomic E-state index is 0.133. The molecule has 0 fully saturated rings. The standard InChI is InChI=1S/C12H13ClN4OS/c1-17-12(14-15-16-17)19-8-2-3-11(18)9-4-6-10(13)7-5-9/h4-7H,2-3,8H2,1H3. The maximum atomic E-state index is 11.9. The number of hydrogen-bond donors (Lipinski definition) is 0. The molecule has 0 N–H and O–H groups in total. The summed E-state index contributed by atoms with van der Waals surface area (Å²) in [6.45, 7) is 0.